The maximum absolute atomic E-state index is 11.4. The Bertz CT molecular complexity index is 263. The molecule has 5 nitrogen and oxygen atoms in total. The molecule has 0 radical (unpaired) electrons. The predicted octanol–water partition coefficient (Wildman–Crippen LogP) is 0.967. The standard InChI is InChI=1S/C12H21NO4/c1-3-17-12(15)9-13(10-6-7-10)8-4-5-11(14)16-2/h10H,3-9H2,1-2H3. The largest absolute Gasteiger partial charge is 0.469 e. The Morgan fingerprint density at radius 3 is 2.53 bits per heavy atom. The van der Waals surface area contributed by atoms with Gasteiger partial charge in [-0.2, -0.15) is 0 Å². The summed E-state index contributed by atoms with van der Waals surface area (Å²) < 4.78 is 9.51. The number of nitrogens with zero attached hydrogens (tertiary/aromatic N) is 1. The lowest BCUT2D eigenvalue weighted by molar-refractivity contribution is -0.144. The van der Waals surface area contributed by atoms with E-state index >= 15 is 0 Å². The Balaban J connectivity index is 2.23. The molecule has 0 aliphatic heterocycles. The van der Waals surface area contributed by atoms with Gasteiger partial charge in [-0.1, -0.05) is 0 Å². The Labute approximate surface area is 102 Å². The minimum Gasteiger partial charge on any atom is -0.469 e. The van der Waals surface area contributed by atoms with Crippen LogP contribution in [0.4, 0.5) is 0 Å². The lowest BCUT2D eigenvalue weighted by Crippen LogP contribution is -2.34. The van der Waals surface area contributed by atoms with Crippen molar-refractivity contribution in [1.29, 1.82) is 0 Å². The van der Waals surface area contributed by atoms with E-state index in [9.17, 15) is 9.59 Å². The molecule has 1 fully saturated rings. The predicted molar refractivity (Wildman–Crippen MR) is 62.5 cm³/mol. The van der Waals surface area contributed by atoms with Gasteiger partial charge < -0.3 is 9.47 Å². The van der Waals surface area contributed by atoms with Crippen LogP contribution in [0.25, 0.3) is 0 Å². The fourth-order valence-electron chi connectivity index (χ4n) is 1.73. The minimum atomic E-state index is -0.197. The average molecular weight is 243 g/mol. The zero-order chi connectivity index (χ0) is 12.7. The number of hydrogen-bond acceptors (Lipinski definition) is 5. The molecule has 0 aromatic heterocycles. The maximum Gasteiger partial charge on any atom is 0.320 e. The van der Waals surface area contributed by atoms with Crippen molar-refractivity contribution >= 4 is 11.9 Å². The highest BCUT2D eigenvalue weighted by molar-refractivity contribution is 5.71. The molecular formula is C12H21NO4. The summed E-state index contributed by atoms with van der Waals surface area (Å²) in [6.45, 7) is 3.30. The van der Waals surface area contributed by atoms with Crippen LogP contribution >= 0.6 is 0 Å². The molecule has 17 heavy (non-hydrogen) atoms. The number of carbonyl (C=O) groups excluding carboxylic acids is 2. The van der Waals surface area contributed by atoms with Crippen LogP contribution in [0.1, 0.15) is 32.6 Å². The van der Waals surface area contributed by atoms with Crippen molar-refractivity contribution in [3.63, 3.8) is 0 Å². The van der Waals surface area contributed by atoms with E-state index < -0.39 is 0 Å². The quantitative estimate of drug-likeness (QED) is 0.594. The summed E-state index contributed by atoms with van der Waals surface area (Å²) in [7, 11) is 1.39. The molecule has 0 aromatic carbocycles. The molecule has 0 atom stereocenters. The third-order valence-corrected chi connectivity index (χ3v) is 2.75. The van der Waals surface area contributed by atoms with E-state index in [1.54, 1.807) is 6.92 Å². The highest BCUT2D eigenvalue weighted by atomic mass is 16.5. The van der Waals surface area contributed by atoms with E-state index in [-0.39, 0.29) is 11.9 Å². The van der Waals surface area contributed by atoms with E-state index in [1.165, 1.54) is 7.11 Å². The lowest BCUT2D eigenvalue weighted by atomic mass is 10.3. The molecule has 1 aliphatic carbocycles. The van der Waals surface area contributed by atoms with E-state index in [1.807, 2.05) is 0 Å². The van der Waals surface area contributed by atoms with Crippen molar-refractivity contribution in [3.05, 3.63) is 0 Å². The van der Waals surface area contributed by atoms with Crippen molar-refractivity contribution in [2.24, 2.45) is 0 Å². The fraction of sp³-hybridized carbons (Fsp3) is 0.833. The molecular weight excluding hydrogens is 222 g/mol. The molecule has 98 valence electrons. The molecule has 0 aromatic rings. The first-order valence-corrected chi connectivity index (χ1v) is 6.13. The van der Waals surface area contributed by atoms with Crippen LogP contribution in [0.5, 0.6) is 0 Å². The molecule has 0 bridgehead atoms. The van der Waals surface area contributed by atoms with E-state index in [4.69, 9.17) is 4.74 Å². The lowest BCUT2D eigenvalue weighted by Gasteiger charge is -2.20. The first-order valence-electron chi connectivity index (χ1n) is 6.13. The average Bonchev–Trinajstić information content (AvgIpc) is 3.11. The smallest absolute Gasteiger partial charge is 0.320 e. The summed E-state index contributed by atoms with van der Waals surface area (Å²) in [5.74, 6) is -0.380. The van der Waals surface area contributed by atoms with Gasteiger partial charge in [0.1, 0.15) is 0 Å². The monoisotopic (exact) mass is 243 g/mol. The summed E-state index contributed by atoms with van der Waals surface area (Å²) in [6.07, 6.45) is 3.40. The third-order valence-electron chi connectivity index (χ3n) is 2.75. The molecule has 0 spiro atoms. The Morgan fingerprint density at radius 2 is 2.00 bits per heavy atom. The van der Waals surface area contributed by atoms with Gasteiger partial charge >= 0.3 is 11.9 Å². The number of ether oxygens (including phenoxy) is 2. The number of methoxy groups -OCH3 is 1. The van der Waals surface area contributed by atoms with Crippen molar-refractivity contribution in [1.82, 2.24) is 4.90 Å². The number of esters is 2. The van der Waals surface area contributed by atoms with Crippen LogP contribution < -0.4 is 0 Å². The van der Waals surface area contributed by atoms with Gasteiger partial charge in [-0.3, -0.25) is 14.5 Å². The first-order chi connectivity index (χ1) is 8.17. The summed E-state index contributed by atoms with van der Waals surface area (Å²) in [5, 5.41) is 0. The first kappa shape index (κ1) is 14.0. The Morgan fingerprint density at radius 1 is 1.29 bits per heavy atom. The molecule has 1 rings (SSSR count). The zero-order valence-corrected chi connectivity index (χ0v) is 10.6. The van der Waals surface area contributed by atoms with Crippen molar-refractivity contribution < 1.29 is 19.1 Å². The van der Waals surface area contributed by atoms with Gasteiger partial charge in [0.25, 0.3) is 0 Å². The second-order valence-electron chi connectivity index (χ2n) is 4.19. The summed E-state index contributed by atoms with van der Waals surface area (Å²) in [6, 6.07) is 0.497. The topological polar surface area (TPSA) is 55.8 Å². The third kappa shape index (κ3) is 5.68. The SMILES string of the molecule is CCOC(=O)CN(CCCC(=O)OC)C1CC1. The van der Waals surface area contributed by atoms with Gasteiger partial charge in [0, 0.05) is 12.5 Å². The molecule has 0 amide bonds. The number of rotatable bonds is 8. The molecule has 0 N–H and O–H groups in total. The van der Waals surface area contributed by atoms with E-state index in [0.717, 1.165) is 25.8 Å². The molecule has 5 heteroatoms. The van der Waals surface area contributed by atoms with Crippen molar-refractivity contribution in [3.8, 4) is 0 Å². The van der Waals surface area contributed by atoms with Crippen LogP contribution in [0.2, 0.25) is 0 Å². The maximum atomic E-state index is 11.4. The normalized spacial score (nSPS) is 14.8. The minimum absolute atomic E-state index is 0.183. The molecule has 0 heterocycles. The summed E-state index contributed by atoms with van der Waals surface area (Å²) in [5.41, 5.74) is 0. The highest BCUT2D eigenvalue weighted by Crippen LogP contribution is 2.26. The molecule has 1 aliphatic rings. The van der Waals surface area contributed by atoms with Gasteiger partial charge in [-0.15, -0.1) is 0 Å². The van der Waals surface area contributed by atoms with Crippen molar-refractivity contribution in [2.45, 2.75) is 38.6 Å². The van der Waals surface area contributed by atoms with Gasteiger partial charge in [-0.25, -0.2) is 0 Å². The molecule has 0 saturated heterocycles. The Kier molecular flexibility index (Phi) is 5.97. The second-order valence-corrected chi connectivity index (χ2v) is 4.19. The highest BCUT2D eigenvalue weighted by Gasteiger charge is 2.30. The Hall–Kier alpha value is -1.10. The van der Waals surface area contributed by atoms with Crippen LogP contribution in [-0.4, -0.2) is 49.7 Å². The van der Waals surface area contributed by atoms with Gasteiger partial charge in [0.15, 0.2) is 0 Å². The van der Waals surface area contributed by atoms with Crippen molar-refractivity contribution in [2.75, 3.05) is 26.8 Å². The van der Waals surface area contributed by atoms with Crippen LogP contribution in [0, 0.1) is 0 Å². The molecule has 0 unspecified atom stereocenters. The van der Waals surface area contributed by atoms with Gasteiger partial charge in [-0.05, 0) is 32.7 Å². The number of carbonyl (C=O) groups is 2. The fourth-order valence-corrected chi connectivity index (χ4v) is 1.73. The van der Waals surface area contributed by atoms with Gasteiger partial charge in [0.2, 0.25) is 0 Å². The summed E-state index contributed by atoms with van der Waals surface area (Å²) >= 11 is 0. The van der Waals surface area contributed by atoms with Crippen LogP contribution in [0.15, 0.2) is 0 Å². The van der Waals surface area contributed by atoms with Crippen LogP contribution in [0.3, 0.4) is 0 Å². The summed E-state index contributed by atoms with van der Waals surface area (Å²) in [4.78, 5) is 24.5. The number of hydrogen-bond donors (Lipinski definition) is 0. The van der Waals surface area contributed by atoms with E-state index in [2.05, 4.69) is 9.64 Å². The van der Waals surface area contributed by atoms with Gasteiger partial charge in [0.05, 0.1) is 20.3 Å². The van der Waals surface area contributed by atoms with Crippen LogP contribution in [-0.2, 0) is 19.1 Å². The molecule has 1 saturated carbocycles. The second kappa shape index (κ2) is 7.27. The zero-order valence-electron chi connectivity index (χ0n) is 10.6. The van der Waals surface area contributed by atoms with E-state index in [0.29, 0.717) is 25.6 Å².